The van der Waals surface area contributed by atoms with E-state index in [1.165, 1.54) is 0 Å². The summed E-state index contributed by atoms with van der Waals surface area (Å²) in [5, 5.41) is 1.99. The lowest BCUT2D eigenvalue weighted by molar-refractivity contribution is 0.222. The molecule has 0 spiro atoms. The molecule has 1 aliphatic rings. The lowest BCUT2D eigenvalue weighted by Crippen LogP contribution is -2.39. The van der Waals surface area contributed by atoms with Crippen molar-refractivity contribution < 1.29 is 0 Å². The molecule has 0 saturated carbocycles. The monoisotopic (exact) mass is 242 g/mol. The molecule has 0 atom stereocenters. The van der Waals surface area contributed by atoms with Crippen LogP contribution in [0.15, 0.2) is 12.4 Å². The van der Waals surface area contributed by atoms with Crippen molar-refractivity contribution in [3.8, 4) is 0 Å². The van der Waals surface area contributed by atoms with Gasteiger partial charge in [0.15, 0.2) is 0 Å². The number of hydrogen-bond acceptors (Lipinski definition) is 3. The molecule has 1 aliphatic heterocycles. The van der Waals surface area contributed by atoms with E-state index in [0.717, 1.165) is 0 Å². The van der Waals surface area contributed by atoms with E-state index in [1.807, 2.05) is 31.3 Å². The van der Waals surface area contributed by atoms with Crippen molar-refractivity contribution in [3.05, 3.63) is 12.4 Å². The largest absolute Gasteiger partial charge is 0.310 e. The first-order valence-electron chi connectivity index (χ1n) is 5.77. The van der Waals surface area contributed by atoms with Crippen LogP contribution in [-0.2, 0) is 0 Å². The van der Waals surface area contributed by atoms with Crippen LogP contribution in [0.25, 0.3) is 0 Å². The van der Waals surface area contributed by atoms with E-state index in [9.17, 15) is 0 Å². The van der Waals surface area contributed by atoms with Gasteiger partial charge in [-0.05, 0) is 19.3 Å². The summed E-state index contributed by atoms with van der Waals surface area (Å²) in [4.78, 5) is 0. The van der Waals surface area contributed by atoms with Gasteiger partial charge in [0.1, 0.15) is 0 Å². The summed E-state index contributed by atoms with van der Waals surface area (Å²) < 4.78 is 0. The molecule has 0 aromatic heterocycles. The molecule has 1 rings (SSSR count). The Bertz CT molecular complexity index is 157. The van der Waals surface area contributed by atoms with Crippen molar-refractivity contribution in [2.45, 2.75) is 68.9 Å². The van der Waals surface area contributed by atoms with Gasteiger partial charge in [0.05, 0.1) is 0 Å². The van der Waals surface area contributed by atoms with E-state index in [-0.39, 0.29) is 15.8 Å². The van der Waals surface area contributed by atoms with Crippen molar-refractivity contribution in [2.75, 3.05) is 0 Å². The van der Waals surface area contributed by atoms with Gasteiger partial charge in [0, 0.05) is 26.9 Å². The van der Waals surface area contributed by atoms with Crippen LogP contribution < -0.4 is 11.0 Å². The molecule has 2 N–H and O–H groups in total. The van der Waals surface area contributed by atoms with Crippen LogP contribution in [0.5, 0.6) is 0 Å². The molecule has 4 heteroatoms. The summed E-state index contributed by atoms with van der Waals surface area (Å²) >= 11 is 0. The molecule has 103 valence electrons. The maximum Gasteiger partial charge on any atom is 0.0410 e. The Balaban J connectivity index is -0.0000000838. The van der Waals surface area contributed by atoms with Crippen LogP contribution in [0, 0.1) is 5.41 Å². The SMILES string of the molecule is C.CC.CC(C)(C)C.CC(C)N1C=CNN1.[B]. The van der Waals surface area contributed by atoms with Crippen LogP contribution in [0.4, 0.5) is 0 Å². The molecule has 0 bridgehead atoms. The van der Waals surface area contributed by atoms with E-state index >= 15 is 0 Å². The Kier molecular flexibility index (Phi) is 20.0. The second-order valence-electron chi connectivity index (χ2n) is 5.07. The van der Waals surface area contributed by atoms with Crippen LogP contribution in [0.1, 0.15) is 62.8 Å². The van der Waals surface area contributed by atoms with Gasteiger partial charge in [0.2, 0.25) is 0 Å². The third-order valence-electron chi connectivity index (χ3n) is 1.07. The first-order valence-corrected chi connectivity index (χ1v) is 5.77. The van der Waals surface area contributed by atoms with Gasteiger partial charge in [0.25, 0.3) is 0 Å². The summed E-state index contributed by atoms with van der Waals surface area (Å²) in [6.45, 7) is 17.0. The zero-order chi connectivity index (χ0) is 12.5. The predicted octanol–water partition coefficient (Wildman–Crippen LogP) is 3.52. The Morgan fingerprint density at radius 2 is 1.41 bits per heavy atom. The Morgan fingerprint density at radius 1 is 1.06 bits per heavy atom. The van der Waals surface area contributed by atoms with Crippen LogP contribution >= 0.6 is 0 Å². The fourth-order valence-electron chi connectivity index (χ4n) is 0.568. The topological polar surface area (TPSA) is 27.3 Å². The van der Waals surface area contributed by atoms with Gasteiger partial charge in [-0.25, -0.2) is 0 Å². The third kappa shape index (κ3) is 25.5. The molecule has 3 nitrogen and oxygen atoms in total. The molecular formula is C13H33BN3. The highest BCUT2D eigenvalue weighted by Gasteiger charge is 2.04. The van der Waals surface area contributed by atoms with Gasteiger partial charge >= 0.3 is 0 Å². The van der Waals surface area contributed by atoms with Crippen molar-refractivity contribution in [1.82, 2.24) is 16.0 Å². The molecule has 0 fully saturated rings. The second-order valence-corrected chi connectivity index (χ2v) is 5.07. The fraction of sp³-hybridized carbons (Fsp3) is 0.846. The Hall–Kier alpha value is -0.635. The highest BCUT2D eigenvalue weighted by molar-refractivity contribution is 5.75. The quantitative estimate of drug-likeness (QED) is 0.689. The van der Waals surface area contributed by atoms with Crippen molar-refractivity contribution >= 4 is 8.41 Å². The predicted molar refractivity (Wildman–Crippen MR) is 81.3 cm³/mol. The number of nitrogens with one attached hydrogen (secondary N) is 2. The van der Waals surface area contributed by atoms with Crippen LogP contribution in [0.3, 0.4) is 0 Å². The number of rotatable bonds is 1. The number of hydrogen-bond donors (Lipinski definition) is 2. The van der Waals surface area contributed by atoms with Gasteiger partial charge in [-0.3, -0.25) is 5.01 Å². The summed E-state index contributed by atoms with van der Waals surface area (Å²) in [7, 11) is 0. The van der Waals surface area contributed by atoms with Crippen molar-refractivity contribution in [3.63, 3.8) is 0 Å². The molecular weight excluding hydrogens is 209 g/mol. The van der Waals surface area contributed by atoms with E-state index in [0.29, 0.717) is 11.5 Å². The zero-order valence-corrected chi connectivity index (χ0v) is 12.3. The van der Waals surface area contributed by atoms with Crippen LogP contribution in [-0.4, -0.2) is 19.5 Å². The standard InChI is InChI=1S/C5H11N3.C5H12.C2H6.CH4.B/c1-5(2)8-4-3-6-7-8;1-5(2,3)4;1-2;;/h3-7H,1-2H3;1-4H3;1-2H3;1H4;. The summed E-state index contributed by atoms with van der Waals surface area (Å²) in [5.41, 5.74) is 6.28. The first-order chi connectivity index (χ1) is 6.80. The average Bonchev–Trinajstić information content (AvgIpc) is 2.56. The van der Waals surface area contributed by atoms with E-state index < -0.39 is 0 Å². The van der Waals surface area contributed by atoms with Crippen LogP contribution in [0.2, 0.25) is 0 Å². The number of nitrogens with zero attached hydrogens (tertiary/aromatic N) is 1. The highest BCUT2D eigenvalue weighted by atomic mass is 15.7. The molecule has 0 aromatic rings. The minimum absolute atomic E-state index is 0. The third-order valence-corrected chi connectivity index (χ3v) is 1.07. The minimum Gasteiger partial charge on any atom is -0.310 e. The molecule has 1 heterocycles. The van der Waals surface area contributed by atoms with E-state index in [4.69, 9.17) is 0 Å². The molecule has 0 unspecified atom stereocenters. The van der Waals surface area contributed by atoms with Crippen molar-refractivity contribution in [1.29, 1.82) is 0 Å². The summed E-state index contributed by atoms with van der Waals surface area (Å²) in [6.07, 6.45) is 3.82. The maximum absolute atomic E-state index is 2.93. The molecule has 17 heavy (non-hydrogen) atoms. The molecule has 3 radical (unpaired) electrons. The maximum atomic E-state index is 2.93. The Morgan fingerprint density at radius 3 is 1.53 bits per heavy atom. The number of hydrazine groups is 2. The van der Waals surface area contributed by atoms with Gasteiger partial charge in [-0.1, -0.05) is 49.0 Å². The van der Waals surface area contributed by atoms with Gasteiger partial charge in [-0.2, -0.15) is 0 Å². The minimum atomic E-state index is 0. The van der Waals surface area contributed by atoms with E-state index in [2.05, 4.69) is 52.5 Å². The summed E-state index contributed by atoms with van der Waals surface area (Å²) in [6, 6.07) is 0.515. The Labute approximate surface area is 112 Å². The zero-order valence-electron chi connectivity index (χ0n) is 12.3. The van der Waals surface area contributed by atoms with Gasteiger partial charge in [-0.15, -0.1) is 5.53 Å². The summed E-state index contributed by atoms with van der Waals surface area (Å²) in [5.74, 6) is 0. The highest BCUT2D eigenvalue weighted by Crippen LogP contribution is 2.08. The van der Waals surface area contributed by atoms with Gasteiger partial charge < -0.3 is 5.43 Å². The van der Waals surface area contributed by atoms with E-state index in [1.54, 1.807) is 0 Å². The van der Waals surface area contributed by atoms with Crippen molar-refractivity contribution in [2.24, 2.45) is 5.41 Å². The average molecular weight is 242 g/mol. The molecule has 0 aromatic carbocycles. The lowest BCUT2D eigenvalue weighted by Gasteiger charge is -2.18. The second kappa shape index (κ2) is 13.4. The molecule has 0 saturated heterocycles. The lowest BCUT2D eigenvalue weighted by atomic mass is 10.0. The smallest absolute Gasteiger partial charge is 0.0410 e. The molecule has 0 amide bonds. The molecule has 0 aliphatic carbocycles. The first kappa shape index (κ1) is 25.3. The normalized spacial score (nSPS) is 12.2. The fourth-order valence-corrected chi connectivity index (χ4v) is 0.568.